The van der Waals surface area contributed by atoms with Crippen LogP contribution in [-0.2, 0) is 0 Å². The van der Waals surface area contributed by atoms with E-state index in [0.29, 0.717) is 12.3 Å². The summed E-state index contributed by atoms with van der Waals surface area (Å²) >= 11 is 0. The predicted octanol–water partition coefficient (Wildman–Crippen LogP) is 0.572. The third kappa shape index (κ3) is 3.76. The molecule has 0 aliphatic heterocycles. The Labute approximate surface area is 99.0 Å². The van der Waals surface area contributed by atoms with E-state index in [4.69, 9.17) is 15.6 Å². The number of halogens is 1. The largest absolute Gasteiger partial charge is 0.491 e. The third-order valence-electron chi connectivity index (χ3n) is 2.14. The Morgan fingerprint density at radius 1 is 1.53 bits per heavy atom. The molecule has 5 nitrogen and oxygen atoms in total. The zero-order valence-electron chi connectivity index (χ0n) is 9.61. The number of hydrogen-bond acceptors (Lipinski definition) is 5. The standard InChI is InChI=1S/C11H17FN2O3/c1-2-17-11-4-10(9(13)3-8(11)12)14-5-7(16)6-15/h3-4,7,14-16H,2,5-6,13H2,1H3. The number of rotatable bonds is 6. The lowest BCUT2D eigenvalue weighted by Crippen LogP contribution is -2.23. The van der Waals surface area contributed by atoms with Crippen LogP contribution in [0.15, 0.2) is 12.1 Å². The molecule has 0 saturated heterocycles. The lowest BCUT2D eigenvalue weighted by atomic mass is 10.2. The maximum atomic E-state index is 13.4. The molecule has 0 saturated carbocycles. The number of aliphatic hydroxyl groups excluding tert-OH is 2. The second-order valence-corrected chi connectivity index (χ2v) is 3.52. The molecule has 0 aliphatic rings. The third-order valence-corrected chi connectivity index (χ3v) is 2.14. The Balaban J connectivity index is 2.80. The fourth-order valence-corrected chi connectivity index (χ4v) is 1.28. The zero-order chi connectivity index (χ0) is 12.8. The van der Waals surface area contributed by atoms with Crippen molar-refractivity contribution in [3.05, 3.63) is 17.9 Å². The van der Waals surface area contributed by atoms with Crippen LogP contribution in [0.3, 0.4) is 0 Å². The minimum Gasteiger partial charge on any atom is -0.491 e. The quantitative estimate of drug-likeness (QED) is 0.550. The molecule has 5 N–H and O–H groups in total. The molecule has 1 aromatic rings. The van der Waals surface area contributed by atoms with Gasteiger partial charge in [-0.15, -0.1) is 0 Å². The molecule has 6 heteroatoms. The second kappa shape index (κ2) is 6.27. The van der Waals surface area contributed by atoms with E-state index in [0.717, 1.165) is 6.07 Å². The number of aliphatic hydroxyl groups is 2. The van der Waals surface area contributed by atoms with Gasteiger partial charge in [0.1, 0.15) is 0 Å². The van der Waals surface area contributed by atoms with Gasteiger partial charge in [-0.1, -0.05) is 0 Å². The van der Waals surface area contributed by atoms with Crippen LogP contribution in [0.1, 0.15) is 6.92 Å². The molecule has 1 rings (SSSR count). The highest BCUT2D eigenvalue weighted by Crippen LogP contribution is 2.28. The lowest BCUT2D eigenvalue weighted by molar-refractivity contribution is 0.105. The van der Waals surface area contributed by atoms with Crippen molar-refractivity contribution in [1.82, 2.24) is 0 Å². The van der Waals surface area contributed by atoms with Crippen LogP contribution in [-0.4, -0.2) is 36.1 Å². The first-order chi connectivity index (χ1) is 8.08. The molecule has 0 radical (unpaired) electrons. The van der Waals surface area contributed by atoms with Crippen molar-refractivity contribution in [3.63, 3.8) is 0 Å². The fourth-order valence-electron chi connectivity index (χ4n) is 1.28. The van der Waals surface area contributed by atoms with E-state index in [1.165, 1.54) is 6.07 Å². The van der Waals surface area contributed by atoms with Gasteiger partial charge in [0.25, 0.3) is 0 Å². The molecule has 0 amide bonds. The number of anilines is 2. The summed E-state index contributed by atoms with van der Waals surface area (Å²) in [5.74, 6) is -0.430. The summed E-state index contributed by atoms with van der Waals surface area (Å²) in [6.45, 7) is 1.86. The summed E-state index contributed by atoms with van der Waals surface area (Å²) in [6, 6.07) is 2.58. The molecule has 1 unspecified atom stereocenters. The van der Waals surface area contributed by atoms with Crippen LogP contribution < -0.4 is 15.8 Å². The SMILES string of the molecule is CCOc1cc(NCC(O)CO)c(N)cc1F. The molecule has 1 atom stereocenters. The predicted molar refractivity (Wildman–Crippen MR) is 63.6 cm³/mol. The second-order valence-electron chi connectivity index (χ2n) is 3.52. The summed E-state index contributed by atoms with van der Waals surface area (Å²) in [7, 11) is 0. The van der Waals surface area contributed by atoms with Crippen LogP contribution in [0.25, 0.3) is 0 Å². The number of nitrogens with two attached hydrogens (primary N) is 1. The normalized spacial score (nSPS) is 12.2. The summed E-state index contributed by atoms with van der Waals surface area (Å²) in [6.07, 6.45) is -0.894. The minimum atomic E-state index is -0.894. The van der Waals surface area contributed by atoms with Crippen molar-refractivity contribution < 1.29 is 19.3 Å². The summed E-state index contributed by atoms with van der Waals surface area (Å²) in [4.78, 5) is 0. The molecular weight excluding hydrogens is 227 g/mol. The van der Waals surface area contributed by atoms with E-state index in [1.54, 1.807) is 6.92 Å². The maximum absolute atomic E-state index is 13.4. The van der Waals surface area contributed by atoms with Gasteiger partial charge < -0.3 is 26.0 Å². The Bertz CT molecular complexity index is 374. The summed E-state index contributed by atoms with van der Waals surface area (Å²) < 4.78 is 18.4. The Morgan fingerprint density at radius 2 is 2.24 bits per heavy atom. The molecule has 1 aromatic carbocycles. The van der Waals surface area contributed by atoms with Gasteiger partial charge in [0.05, 0.1) is 30.7 Å². The number of benzene rings is 1. The first-order valence-electron chi connectivity index (χ1n) is 5.33. The van der Waals surface area contributed by atoms with Crippen molar-refractivity contribution in [1.29, 1.82) is 0 Å². The van der Waals surface area contributed by atoms with Crippen molar-refractivity contribution in [2.24, 2.45) is 0 Å². The average Bonchev–Trinajstić information content (AvgIpc) is 2.30. The van der Waals surface area contributed by atoms with Crippen LogP contribution in [0, 0.1) is 5.82 Å². The Morgan fingerprint density at radius 3 is 2.82 bits per heavy atom. The smallest absolute Gasteiger partial charge is 0.167 e. The van der Waals surface area contributed by atoms with Crippen LogP contribution >= 0.6 is 0 Å². The Kier molecular flexibility index (Phi) is 4.99. The first kappa shape index (κ1) is 13.5. The van der Waals surface area contributed by atoms with E-state index in [1.807, 2.05) is 0 Å². The first-order valence-corrected chi connectivity index (χ1v) is 5.33. The van der Waals surface area contributed by atoms with Gasteiger partial charge in [0.15, 0.2) is 11.6 Å². The van der Waals surface area contributed by atoms with E-state index in [9.17, 15) is 9.50 Å². The van der Waals surface area contributed by atoms with E-state index in [2.05, 4.69) is 5.32 Å². The highest BCUT2D eigenvalue weighted by molar-refractivity contribution is 5.68. The number of nitrogens with one attached hydrogen (secondary N) is 1. The van der Waals surface area contributed by atoms with Gasteiger partial charge in [0.2, 0.25) is 0 Å². The van der Waals surface area contributed by atoms with E-state index in [-0.39, 0.29) is 24.6 Å². The summed E-state index contributed by atoms with van der Waals surface area (Å²) in [5.41, 5.74) is 6.29. The topological polar surface area (TPSA) is 87.7 Å². The van der Waals surface area contributed by atoms with Crippen LogP contribution in [0.4, 0.5) is 15.8 Å². The maximum Gasteiger partial charge on any atom is 0.167 e. The van der Waals surface area contributed by atoms with Crippen molar-refractivity contribution >= 4 is 11.4 Å². The van der Waals surface area contributed by atoms with Gasteiger partial charge >= 0.3 is 0 Å². The highest BCUT2D eigenvalue weighted by Gasteiger charge is 2.10. The van der Waals surface area contributed by atoms with Crippen molar-refractivity contribution in [3.8, 4) is 5.75 Å². The molecule has 0 heterocycles. The van der Waals surface area contributed by atoms with Crippen molar-refractivity contribution in [2.45, 2.75) is 13.0 Å². The molecule has 96 valence electrons. The van der Waals surface area contributed by atoms with Crippen LogP contribution in [0.5, 0.6) is 5.75 Å². The van der Waals surface area contributed by atoms with Gasteiger partial charge in [-0.05, 0) is 6.92 Å². The molecular formula is C11H17FN2O3. The molecule has 0 fully saturated rings. The summed E-state index contributed by atoms with van der Waals surface area (Å²) in [5, 5.41) is 20.6. The average molecular weight is 244 g/mol. The fraction of sp³-hybridized carbons (Fsp3) is 0.455. The minimum absolute atomic E-state index is 0.0997. The number of nitrogen functional groups attached to an aromatic ring is 1. The molecule has 0 aliphatic carbocycles. The van der Waals surface area contributed by atoms with Gasteiger partial charge in [-0.25, -0.2) is 4.39 Å². The van der Waals surface area contributed by atoms with Gasteiger partial charge in [0, 0.05) is 18.7 Å². The monoisotopic (exact) mass is 244 g/mol. The molecule has 0 spiro atoms. The van der Waals surface area contributed by atoms with Gasteiger partial charge in [-0.3, -0.25) is 0 Å². The van der Waals surface area contributed by atoms with Crippen LogP contribution in [0.2, 0.25) is 0 Å². The number of ether oxygens (including phenoxy) is 1. The van der Waals surface area contributed by atoms with E-state index >= 15 is 0 Å². The Hall–Kier alpha value is -1.53. The molecule has 17 heavy (non-hydrogen) atoms. The highest BCUT2D eigenvalue weighted by atomic mass is 19.1. The molecule has 0 bridgehead atoms. The van der Waals surface area contributed by atoms with Crippen molar-refractivity contribution in [2.75, 3.05) is 30.8 Å². The number of hydrogen-bond donors (Lipinski definition) is 4. The molecule has 0 aromatic heterocycles. The van der Waals surface area contributed by atoms with Gasteiger partial charge in [-0.2, -0.15) is 0 Å². The zero-order valence-corrected chi connectivity index (χ0v) is 9.61. The lowest BCUT2D eigenvalue weighted by Gasteiger charge is -2.14. The van der Waals surface area contributed by atoms with E-state index < -0.39 is 11.9 Å².